The summed E-state index contributed by atoms with van der Waals surface area (Å²) in [4.78, 5) is 27.3. The number of carbonyl (C=O) groups is 2. The number of nitrogens with zero attached hydrogens (tertiary/aromatic N) is 2. The van der Waals surface area contributed by atoms with Gasteiger partial charge in [-0.25, -0.2) is 4.79 Å². The average molecular weight is 336 g/mol. The Kier molecular flexibility index (Phi) is 5.49. The van der Waals surface area contributed by atoms with Gasteiger partial charge in [-0.05, 0) is 32.8 Å². The van der Waals surface area contributed by atoms with Crippen LogP contribution in [0.2, 0.25) is 0 Å². The molecule has 0 aliphatic rings. The fourth-order valence-corrected chi connectivity index (χ4v) is 3.10. The number of esters is 1. The molecule has 124 valence electrons. The molecule has 0 radical (unpaired) electrons. The number of carbonyl (C=O) groups excluding carboxylic acids is 2. The van der Waals surface area contributed by atoms with E-state index in [1.165, 1.54) is 11.3 Å². The fourth-order valence-electron chi connectivity index (χ4n) is 2.27. The number of rotatable bonds is 6. The van der Waals surface area contributed by atoms with Crippen LogP contribution in [-0.2, 0) is 11.2 Å². The maximum atomic E-state index is 12.4. The van der Waals surface area contributed by atoms with Crippen molar-refractivity contribution in [1.29, 1.82) is 0 Å². The predicted octanol–water partition coefficient (Wildman–Crippen LogP) is 2.86. The summed E-state index contributed by atoms with van der Waals surface area (Å²) in [6.45, 7) is 7.54. The van der Waals surface area contributed by atoms with Crippen molar-refractivity contribution < 1.29 is 14.3 Å². The van der Waals surface area contributed by atoms with Crippen molar-refractivity contribution >= 4 is 28.3 Å². The Morgan fingerprint density at radius 1 is 1.26 bits per heavy atom. The van der Waals surface area contributed by atoms with Gasteiger partial charge in [0.25, 0.3) is 5.91 Å². The third-order valence-electron chi connectivity index (χ3n) is 3.30. The molecule has 0 saturated heterocycles. The second kappa shape index (κ2) is 7.36. The molecule has 0 atom stereocenters. The lowest BCUT2D eigenvalue weighted by Crippen LogP contribution is -2.14. The van der Waals surface area contributed by atoms with E-state index >= 15 is 0 Å². The van der Waals surface area contributed by atoms with Gasteiger partial charge in [-0.1, -0.05) is 18.3 Å². The summed E-state index contributed by atoms with van der Waals surface area (Å²) < 4.78 is 5.02. The van der Waals surface area contributed by atoms with Crippen LogP contribution >= 0.6 is 11.3 Å². The van der Waals surface area contributed by atoms with Gasteiger partial charge in [0.15, 0.2) is 0 Å². The first kappa shape index (κ1) is 17.1. The highest BCUT2D eigenvalue weighted by atomic mass is 32.1. The third-order valence-corrected chi connectivity index (χ3v) is 4.19. The van der Waals surface area contributed by atoms with Gasteiger partial charge in [-0.3, -0.25) is 10.1 Å². The summed E-state index contributed by atoms with van der Waals surface area (Å²) in [6, 6.07) is 0. The summed E-state index contributed by atoms with van der Waals surface area (Å²) in [5.74, 6) is -0.778. The third kappa shape index (κ3) is 3.76. The van der Waals surface area contributed by atoms with Crippen molar-refractivity contribution in [2.75, 3.05) is 11.9 Å². The highest BCUT2D eigenvalue weighted by molar-refractivity contribution is 7.15. The number of ether oxygens (including phenoxy) is 1. The molecule has 2 rings (SSSR count). The Morgan fingerprint density at radius 3 is 2.65 bits per heavy atom. The molecule has 2 aromatic heterocycles. The minimum atomic E-state index is -0.432. The van der Waals surface area contributed by atoms with Crippen molar-refractivity contribution in [3.05, 3.63) is 27.5 Å². The van der Waals surface area contributed by atoms with Crippen LogP contribution in [0.1, 0.15) is 57.4 Å². The van der Waals surface area contributed by atoms with Crippen molar-refractivity contribution in [3.8, 4) is 0 Å². The molecule has 0 spiro atoms. The highest BCUT2D eigenvalue weighted by Gasteiger charge is 2.23. The monoisotopic (exact) mass is 336 g/mol. The standard InChI is InChI=1S/C15H20N4O3S/c1-5-7-10-18-19-15(23-10)17-13(20)12-8(3)11(9(4)16-12)14(21)22-6-2/h16H,5-7H2,1-4H3,(H,17,19,20). The van der Waals surface area contributed by atoms with Gasteiger partial charge in [0.05, 0.1) is 12.2 Å². The number of hydrogen-bond donors (Lipinski definition) is 2. The van der Waals surface area contributed by atoms with Gasteiger partial charge in [0, 0.05) is 12.1 Å². The van der Waals surface area contributed by atoms with Crippen molar-refractivity contribution in [2.24, 2.45) is 0 Å². The van der Waals surface area contributed by atoms with Crippen molar-refractivity contribution in [3.63, 3.8) is 0 Å². The lowest BCUT2D eigenvalue weighted by atomic mass is 10.1. The van der Waals surface area contributed by atoms with Gasteiger partial charge in [-0.2, -0.15) is 0 Å². The molecule has 23 heavy (non-hydrogen) atoms. The molecular weight excluding hydrogens is 316 g/mol. The molecule has 7 nitrogen and oxygen atoms in total. The van der Waals surface area contributed by atoms with Crippen LogP contribution in [0.25, 0.3) is 0 Å². The zero-order valence-corrected chi connectivity index (χ0v) is 14.5. The number of anilines is 1. The largest absolute Gasteiger partial charge is 0.462 e. The molecule has 0 aliphatic heterocycles. The summed E-state index contributed by atoms with van der Waals surface area (Å²) >= 11 is 1.35. The van der Waals surface area contributed by atoms with Crippen LogP contribution in [0.5, 0.6) is 0 Å². The minimum Gasteiger partial charge on any atom is -0.462 e. The number of hydrogen-bond acceptors (Lipinski definition) is 6. The molecule has 0 unspecified atom stereocenters. The number of amides is 1. The highest BCUT2D eigenvalue weighted by Crippen LogP contribution is 2.22. The molecule has 0 fully saturated rings. The Bertz CT molecular complexity index is 720. The molecule has 2 heterocycles. The van der Waals surface area contributed by atoms with Crippen LogP contribution in [0.4, 0.5) is 5.13 Å². The quantitative estimate of drug-likeness (QED) is 0.791. The van der Waals surface area contributed by atoms with Gasteiger partial charge in [0.2, 0.25) is 5.13 Å². The molecule has 2 aromatic rings. The lowest BCUT2D eigenvalue weighted by molar-refractivity contribution is 0.0525. The Hall–Kier alpha value is -2.22. The summed E-state index contributed by atoms with van der Waals surface area (Å²) in [5, 5.41) is 12.0. The maximum Gasteiger partial charge on any atom is 0.340 e. The second-order valence-corrected chi connectivity index (χ2v) is 6.11. The maximum absolute atomic E-state index is 12.4. The summed E-state index contributed by atoms with van der Waals surface area (Å²) in [6.07, 6.45) is 1.81. The van der Waals surface area contributed by atoms with E-state index in [1.54, 1.807) is 20.8 Å². The molecule has 0 bridgehead atoms. The smallest absolute Gasteiger partial charge is 0.340 e. The number of aromatic amines is 1. The number of aryl methyl sites for hydroxylation is 2. The van der Waals surface area contributed by atoms with Gasteiger partial charge in [-0.15, -0.1) is 10.2 Å². The van der Waals surface area contributed by atoms with Gasteiger partial charge >= 0.3 is 5.97 Å². The lowest BCUT2D eigenvalue weighted by Gasteiger charge is -2.03. The van der Waals surface area contributed by atoms with Crippen LogP contribution in [0.15, 0.2) is 0 Å². The van der Waals surface area contributed by atoms with E-state index in [9.17, 15) is 9.59 Å². The minimum absolute atomic E-state index is 0.287. The Morgan fingerprint density at radius 2 is 2.00 bits per heavy atom. The van der Waals surface area contributed by atoms with Crippen LogP contribution in [0, 0.1) is 13.8 Å². The van der Waals surface area contributed by atoms with E-state index in [1.807, 2.05) is 0 Å². The van der Waals surface area contributed by atoms with Crippen LogP contribution < -0.4 is 5.32 Å². The fraction of sp³-hybridized carbons (Fsp3) is 0.467. The SMILES string of the molecule is CCCc1nnc(NC(=O)c2[nH]c(C)c(C(=O)OCC)c2C)s1. The normalized spacial score (nSPS) is 10.6. The summed E-state index contributed by atoms with van der Waals surface area (Å²) in [5.41, 5.74) is 1.91. The topological polar surface area (TPSA) is 97.0 Å². The Labute approximate surface area is 138 Å². The second-order valence-electron chi connectivity index (χ2n) is 5.05. The van der Waals surface area contributed by atoms with E-state index in [0.717, 1.165) is 17.8 Å². The van der Waals surface area contributed by atoms with Gasteiger partial charge in [0.1, 0.15) is 10.7 Å². The van der Waals surface area contributed by atoms with Crippen molar-refractivity contribution in [1.82, 2.24) is 15.2 Å². The first-order valence-electron chi connectivity index (χ1n) is 7.47. The molecule has 1 amide bonds. The number of H-pyrrole nitrogens is 1. The van der Waals surface area contributed by atoms with E-state index in [2.05, 4.69) is 27.4 Å². The molecule has 2 N–H and O–H groups in total. The number of nitrogens with one attached hydrogen (secondary N) is 2. The Balaban J connectivity index is 2.19. The van der Waals surface area contributed by atoms with Crippen LogP contribution in [0.3, 0.4) is 0 Å². The zero-order valence-electron chi connectivity index (χ0n) is 13.6. The molecule has 0 saturated carbocycles. The van der Waals surface area contributed by atoms with Gasteiger partial charge < -0.3 is 9.72 Å². The van der Waals surface area contributed by atoms with E-state index in [4.69, 9.17) is 4.74 Å². The molecular formula is C15H20N4O3S. The molecule has 0 aliphatic carbocycles. The first-order valence-corrected chi connectivity index (χ1v) is 8.29. The van der Waals surface area contributed by atoms with E-state index in [-0.39, 0.29) is 12.5 Å². The van der Waals surface area contributed by atoms with Crippen molar-refractivity contribution in [2.45, 2.75) is 40.5 Å². The summed E-state index contributed by atoms with van der Waals surface area (Å²) in [7, 11) is 0. The molecule has 8 heteroatoms. The average Bonchev–Trinajstić information content (AvgIpc) is 3.04. The number of aromatic nitrogens is 3. The molecule has 0 aromatic carbocycles. The predicted molar refractivity (Wildman–Crippen MR) is 88.1 cm³/mol. The van der Waals surface area contributed by atoms with E-state index in [0.29, 0.717) is 27.6 Å². The van der Waals surface area contributed by atoms with E-state index < -0.39 is 5.97 Å². The van der Waals surface area contributed by atoms with Crippen LogP contribution in [-0.4, -0.2) is 33.7 Å². The first-order chi connectivity index (χ1) is 11.0. The zero-order chi connectivity index (χ0) is 17.0.